The van der Waals surface area contributed by atoms with Crippen LogP contribution in [0.5, 0.6) is 0 Å². The van der Waals surface area contributed by atoms with Crippen LogP contribution < -0.4 is 0 Å². The van der Waals surface area contributed by atoms with E-state index >= 15 is 0 Å². The van der Waals surface area contributed by atoms with E-state index in [1.807, 2.05) is 53.8 Å². The first kappa shape index (κ1) is 14.9. The molecule has 4 rings (SSSR count). The minimum atomic E-state index is 0.719. The van der Waals surface area contributed by atoms with E-state index in [0.717, 1.165) is 52.2 Å². The maximum Gasteiger partial charge on any atom is 0.191 e. The molecule has 0 fully saturated rings. The van der Waals surface area contributed by atoms with Crippen molar-refractivity contribution in [1.82, 2.24) is 34.3 Å². The van der Waals surface area contributed by atoms with E-state index in [-0.39, 0.29) is 0 Å². The molecule has 0 bridgehead atoms. The highest BCUT2D eigenvalue weighted by molar-refractivity contribution is 7.13. The third-order valence-electron chi connectivity index (χ3n) is 3.92. The fourth-order valence-corrected chi connectivity index (χ4v) is 3.26. The van der Waals surface area contributed by atoms with Gasteiger partial charge in [-0.2, -0.15) is 10.2 Å². The van der Waals surface area contributed by atoms with Gasteiger partial charge in [-0.05, 0) is 25.3 Å². The lowest BCUT2D eigenvalue weighted by molar-refractivity contribution is 0.683. The zero-order chi connectivity index (χ0) is 16.7. The summed E-state index contributed by atoms with van der Waals surface area (Å²) in [5.41, 5.74) is 2.69. The van der Waals surface area contributed by atoms with Crippen LogP contribution in [0.4, 0.5) is 0 Å². The molecule has 4 heterocycles. The highest BCUT2D eigenvalue weighted by Crippen LogP contribution is 2.21. The minimum Gasteiger partial charge on any atom is -0.256 e. The summed E-state index contributed by atoms with van der Waals surface area (Å²) in [6.45, 7) is 3.93. The van der Waals surface area contributed by atoms with E-state index in [1.165, 1.54) is 0 Å². The molecule has 0 aliphatic carbocycles. The molecule has 0 radical (unpaired) electrons. The number of hydrogen-bond acceptors (Lipinski definition) is 6. The predicted molar refractivity (Wildman–Crippen MR) is 92.0 cm³/mol. The molecule has 0 unspecified atom stereocenters. The Balaban J connectivity index is 1.57. The molecule has 0 amide bonds. The molecule has 24 heavy (non-hydrogen) atoms. The number of nitrogens with zero attached hydrogens (tertiary/aromatic N) is 7. The second kappa shape index (κ2) is 5.79. The van der Waals surface area contributed by atoms with Gasteiger partial charge in [-0.1, -0.05) is 6.07 Å². The summed E-state index contributed by atoms with van der Waals surface area (Å²) in [7, 11) is 1.93. The van der Waals surface area contributed by atoms with E-state index in [2.05, 4.69) is 25.1 Å². The van der Waals surface area contributed by atoms with Gasteiger partial charge in [0, 0.05) is 26.1 Å². The molecular weight excluding hydrogens is 322 g/mol. The average Bonchev–Trinajstić information content (AvgIpc) is 3.28. The monoisotopic (exact) mass is 339 g/mol. The zero-order valence-corrected chi connectivity index (χ0v) is 14.6. The molecule has 0 N–H and O–H groups in total. The molecule has 0 aliphatic rings. The average molecular weight is 339 g/mol. The number of rotatable bonds is 4. The number of aryl methyl sites for hydroxylation is 5. The first-order valence-electron chi connectivity index (χ1n) is 7.73. The molecule has 0 saturated heterocycles. The van der Waals surface area contributed by atoms with E-state index in [0.29, 0.717) is 0 Å². The summed E-state index contributed by atoms with van der Waals surface area (Å²) >= 11 is 1.65. The van der Waals surface area contributed by atoms with Crippen molar-refractivity contribution in [1.29, 1.82) is 0 Å². The Bertz CT molecular complexity index is 958. The van der Waals surface area contributed by atoms with Crippen LogP contribution in [0.15, 0.2) is 23.7 Å². The van der Waals surface area contributed by atoms with E-state index in [4.69, 9.17) is 0 Å². The Hall–Kier alpha value is -2.61. The van der Waals surface area contributed by atoms with E-state index in [9.17, 15) is 0 Å². The van der Waals surface area contributed by atoms with E-state index in [1.54, 1.807) is 11.3 Å². The van der Waals surface area contributed by atoms with Crippen molar-refractivity contribution in [3.8, 4) is 10.7 Å². The molecule has 8 heteroatoms. The van der Waals surface area contributed by atoms with Crippen molar-refractivity contribution in [3.05, 3.63) is 46.7 Å². The molecule has 0 aliphatic heterocycles. The van der Waals surface area contributed by atoms with Gasteiger partial charge in [0.2, 0.25) is 0 Å². The van der Waals surface area contributed by atoms with Crippen LogP contribution in [0.25, 0.3) is 16.3 Å². The standard InChI is InChI=1S/C16H17N7S/c1-10-9-17-11(2)16-18-13(20-23(10)16)6-7-14-19-15(21-22(14)3)12-5-4-8-24-12/h4-5,8-9H,6-7H2,1-3H3. The van der Waals surface area contributed by atoms with Gasteiger partial charge >= 0.3 is 0 Å². The lowest BCUT2D eigenvalue weighted by atomic mass is 10.3. The predicted octanol–water partition coefficient (Wildman–Crippen LogP) is 2.38. The molecule has 0 aromatic carbocycles. The van der Waals surface area contributed by atoms with Crippen LogP contribution in [-0.4, -0.2) is 34.3 Å². The third kappa shape index (κ3) is 2.58. The number of aromatic nitrogens is 7. The highest BCUT2D eigenvalue weighted by atomic mass is 32.1. The van der Waals surface area contributed by atoms with E-state index < -0.39 is 0 Å². The van der Waals surface area contributed by atoms with Crippen molar-refractivity contribution in [2.45, 2.75) is 26.7 Å². The Kier molecular flexibility index (Phi) is 3.61. The van der Waals surface area contributed by atoms with Crippen LogP contribution in [0.1, 0.15) is 23.0 Å². The number of fused-ring (bicyclic) bond motifs is 1. The van der Waals surface area contributed by atoms with Crippen molar-refractivity contribution in [2.24, 2.45) is 7.05 Å². The van der Waals surface area contributed by atoms with Gasteiger partial charge in [-0.15, -0.1) is 11.3 Å². The fraction of sp³-hybridized carbons (Fsp3) is 0.312. The zero-order valence-electron chi connectivity index (χ0n) is 13.8. The Morgan fingerprint density at radius 2 is 2.00 bits per heavy atom. The van der Waals surface area contributed by atoms with Crippen LogP contribution in [0.3, 0.4) is 0 Å². The number of hydrogen-bond donors (Lipinski definition) is 0. The Morgan fingerprint density at radius 1 is 1.12 bits per heavy atom. The third-order valence-corrected chi connectivity index (χ3v) is 4.79. The topological polar surface area (TPSA) is 73.8 Å². The smallest absolute Gasteiger partial charge is 0.191 e. The summed E-state index contributed by atoms with van der Waals surface area (Å²) in [4.78, 5) is 14.7. The largest absolute Gasteiger partial charge is 0.256 e. The van der Waals surface area contributed by atoms with Gasteiger partial charge in [0.05, 0.1) is 16.3 Å². The summed E-state index contributed by atoms with van der Waals surface area (Å²) < 4.78 is 3.69. The van der Waals surface area contributed by atoms with Crippen molar-refractivity contribution in [2.75, 3.05) is 0 Å². The van der Waals surface area contributed by atoms with Crippen LogP contribution in [-0.2, 0) is 19.9 Å². The van der Waals surface area contributed by atoms with Gasteiger partial charge in [-0.25, -0.2) is 14.5 Å². The SMILES string of the molecule is Cc1ncc(C)n2nc(CCc3nc(-c4cccs4)nn3C)nc12. The summed E-state index contributed by atoms with van der Waals surface area (Å²) in [6.07, 6.45) is 3.28. The maximum atomic E-state index is 4.64. The van der Waals surface area contributed by atoms with Crippen LogP contribution in [0.2, 0.25) is 0 Å². The maximum absolute atomic E-state index is 4.64. The first-order chi connectivity index (χ1) is 11.6. The van der Waals surface area contributed by atoms with Crippen molar-refractivity contribution >= 4 is 17.0 Å². The fourth-order valence-electron chi connectivity index (χ4n) is 2.61. The molecule has 7 nitrogen and oxygen atoms in total. The van der Waals surface area contributed by atoms with Crippen LogP contribution in [0, 0.1) is 13.8 Å². The second-order valence-corrected chi connectivity index (χ2v) is 6.65. The lowest BCUT2D eigenvalue weighted by Gasteiger charge is -1.97. The van der Waals surface area contributed by atoms with Gasteiger partial charge < -0.3 is 0 Å². The summed E-state index contributed by atoms with van der Waals surface area (Å²) in [6, 6.07) is 4.04. The molecule has 4 aromatic rings. The molecule has 0 saturated carbocycles. The molecular formula is C16H17N7S. The van der Waals surface area contributed by atoms with Gasteiger partial charge in [0.25, 0.3) is 0 Å². The normalized spacial score (nSPS) is 11.5. The van der Waals surface area contributed by atoms with Crippen molar-refractivity contribution in [3.63, 3.8) is 0 Å². The quantitative estimate of drug-likeness (QED) is 0.571. The molecule has 0 spiro atoms. The number of thiophene rings is 1. The Labute approximate surface area is 143 Å². The first-order valence-corrected chi connectivity index (χ1v) is 8.61. The van der Waals surface area contributed by atoms with Gasteiger partial charge in [0.15, 0.2) is 17.3 Å². The van der Waals surface area contributed by atoms with Gasteiger partial charge in [0.1, 0.15) is 5.82 Å². The minimum absolute atomic E-state index is 0.719. The summed E-state index contributed by atoms with van der Waals surface area (Å²) in [5.74, 6) is 2.51. The molecule has 4 aromatic heterocycles. The molecule has 0 atom stereocenters. The lowest BCUT2D eigenvalue weighted by Crippen LogP contribution is -2.03. The van der Waals surface area contributed by atoms with Gasteiger partial charge in [-0.3, -0.25) is 9.67 Å². The highest BCUT2D eigenvalue weighted by Gasteiger charge is 2.13. The second-order valence-electron chi connectivity index (χ2n) is 5.70. The summed E-state index contributed by atoms with van der Waals surface area (Å²) in [5, 5.41) is 11.1. The Morgan fingerprint density at radius 3 is 2.75 bits per heavy atom. The van der Waals surface area contributed by atoms with Crippen LogP contribution >= 0.6 is 11.3 Å². The van der Waals surface area contributed by atoms with Crippen molar-refractivity contribution < 1.29 is 0 Å². The molecule has 122 valence electrons.